The van der Waals surface area contributed by atoms with Gasteiger partial charge in [0.05, 0.1) is 26.2 Å². The molecule has 0 aliphatic heterocycles. The van der Waals surface area contributed by atoms with Gasteiger partial charge in [0.2, 0.25) is 0 Å². The summed E-state index contributed by atoms with van der Waals surface area (Å²) in [6, 6.07) is 7.62. The lowest BCUT2D eigenvalue weighted by atomic mass is 9.78. The third-order valence-corrected chi connectivity index (χ3v) is 4.68. The highest BCUT2D eigenvalue weighted by atomic mass is 16.5. The molecule has 1 aliphatic carbocycles. The van der Waals surface area contributed by atoms with Crippen LogP contribution in [0.2, 0.25) is 0 Å². The van der Waals surface area contributed by atoms with Gasteiger partial charge < -0.3 is 14.6 Å². The molecule has 2 rings (SSSR count). The van der Waals surface area contributed by atoms with Crippen LogP contribution in [-0.2, 0) is 16.0 Å². The Labute approximate surface area is 132 Å². The highest BCUT2D eigenvalue weighted by Crippen LogP contribution is 2.32. The van der Waals surface area contributed by atoms with Crippen LogP contribution in [0.5, 0.6) is 5.75 Å². The number of carbonyl (C=O) groups excluding carboxylic acids is 1. The molecule has 0 spiro atoms. The van der Waals surface area contributed by atoms with Gasteiger partial charge in [-0.1, -0.05) is 37.5 Å². The first-order valence-electron chi connectivity index (χ1n) is 8.05. The van der Waals surface area contributed by atoms with Crippen molar-refractivity contribution in [2.24, 2.45) is 11.8 Å². The lowest BCUT2D eigenvalue weighted by molar-refractivity contribution is -0.151. The van der Waals surface area contributed by atoms with E-state index in [0.717, 1.165) is 37.0 Å². The van der Waals surface area contributed by atoms with E-state index >= 15 is 0 Å². The molecule has 2 atom stereocenters. The molecule has 4 heteroatoms. The summed E-state index contributed by atoms with van der Waals surface area (Å²) >= 11 is 0. The number of esters is 1. The van der Waals surface area contributed by atoms with Crippen LogP contribution in [0.4, 0.5) is 0 Å². The fraction of sp³-hybridized carbons (Fsp3) is 0.611. The summed E-state index contributed by atoms with van der Waals surface area (Å²) in [6.45, 7) is 0. The molecule has 0 amide bonds. The molecule has 1 aliphatic rings. The first-order chi connectivity index (χ1) is 10.7. The third kappa shape index (κ3) is 4.01. The van der Waals surface area contributed by atoms with Crippen molar-refractivity contribution >= 4 is 5.97 Å². The van der Waals surface area contributed by atoms with Gasteiger partial charge in [-0.25, -0.2) is 0 Å². The maximum Gasteiger partial charge on any atom is 0.311 e. The number of para-hydroxylation sites is 1. The molecule has 2 unspecified atom stereocenters. The molecule has 22 heavy (non-hydrogen) atoms. The summed E-state index contributed by atoms with van der Waals surface area (Å²) in [5, 5.41) is 10.7. The second-order valence-corrected chi connectivity index (χ2v) is 6.03. The normalized spacial score (nSPS) is 18.5. The van der Waals surface area contributed by atoms with E-state index in [1.165, 1.54) is 13.5 Å². The van der Waals surface area contributed by atoms with Crippen molar-refractivity contribution in [1.29, 1.82) is 0 Å². The first kappa shape index (κ1) is 16.8. The van der Waals surface area contributed by atoms with E-state index in [2.05, 4.69) is 0 Å². The molecular formula is C18H26O4. The molecule has 0 heterocycles. The summed E-state index contributed by atoms with van der Waals surface area (Å²) in [6.07, 6.45) is 5.24. The molecule has 1 N–H and O–H groups in total. The lowest BCUT2D eigenvalue weighted by Crippen LogP contribution is -2.37. The van der Waals surface area contributed by atoms with Gasteiger partial charge in [-0.3, -0.25) is 4.79 Å². The van der Waals surface area contributed by atoms with Gasteiger partial charge in [0.25, 0.3) is 0 Å². The van der Waals surface area contributed by atoms with Crippen LogP contribution in [0.25, 0.3) is 0 Å². The SMILES string of the molecule is COC(=O)C(Cc1ccccc1OC)C(O)C1CCCCC1. The second kappa shape index (κ2) is 8.18. The van der Waals surface area contributed by atoms with Crippen molar-refractivity contribution in [1.82, 2.24) is 0 Å². The van der Waals surface area contributed by atoms with Crippen molar-refractivity contribution in [3.63, 3.8) is 0 Å². The van der Waals surface area contributed by atoms with Gasteiger partial charge in [-0.05, 0) is 36.8 Å². The molecule has 0 radical (unpaired) electrons. The molecule has 1 saturated carbocycles. The van der Waals surface area contributed by atoms with Gasteiger partial charge in [0.1, 0.15) is 5.75 Å². The lowest BCUT2D eigenvalue weighted by Gasteiger charge is -2.31. The number of hydrogen-bond donors (Lipinski definition) is 1. The highest BCUT2D eigenvalue weighted by Gasteiger charge is 2.34. The van der Waals surface area contributed by atoms with Crippen LogP contribution in [0.15, 0.2) is 24.3 Å². The Hall–Kier alpha value is -1.55. The van der Waals surface area contributed by atoms with Gasteiger partial charge in [-0.15, -0.1) is 0 Å². The maximum absolute atomic E-state index is 12.2. The van der Waals surface area contributed by atoms with Crippen LogP contribution < -0.4 is 4.74 Å². The van der Waals surface area contributed by atoms with Crippen LogP contribution in [0.3, 0.4) is 0 Å². The fourth-order valence-electron chi connectivity index (χ4n) is 3.41. The molecule has 4 nitrogen and oxygen atoms in total. The molecule has 122 valence electrons. The zero-order valence-corrected chi connectivity index (χ0v) is 13.5. The van der Waals surface area contributed by atoms with Gasteiger partial charge in [-0.2, -0.15) is 0 Å². The Morgan fingerprint density at radius 1 is 1.23 bits per heavy atom. The summed E-state index contributed by atoms with van der Waals surface area (Å²) in [5.74, 6) is 0.0492. The third-order valence-electron chi connectivity index (χ3n) is 4.68. The molecule has 0 bridgehead atoms. The van der Waals surface area contributed by atoms with Crippen molar-refractivity contribution in [3.05, 3.63) is 29.8 Å². The maximum atomic E-state index is 12.2. The van der Waals surface area contributed by atoms with Crippen LogP contribution in [0, 0.1) is 11.8 Å². The van der Waals surface area contributed by atoms with E-state index in [1.54, 1.807) is 7.11 Å². The topological polar surface area (TPSA) is 55.8 Å². The predicted molar refractivity (Wildman–Crippen MR) is 84.8 cm³/mol. The zero-order chi connectivity index (χ0) is 15.9. The first-order valence-corrected chi connectivity index (χ1v) is 8.05. The fourth-order valence-corrected chi connectivity index (χ4v) is 3.41. The minimum absolute atomic E-state index is 0.188. The zero-order valence-electron chi connectivity index (χ0n) is 13.5. The van der Waals surface area contributed by atoms with E-state index in [-0.39, 0.29) is 11.9 Å². The van der Waals surface area contributed by atoms with Gasteiger partial charge in [0.15, 0.2) is 0 Å². The summed E-state index contributed by atoms with van der Waals surface area (Å²) in [7, 11) is 2.99. The Kier molecular flexibility index (Phi) is 6.25. The molecule has 0 aromatic heterocycles. The van der Waals surface area contributed by atoms with Crippen molar-refractivity contribution < 1.29 is 19.4 Å². The van der Waals surface area contributed by atoms with Gasteiger partial charge in [0, 0.05) is 0 Å². The van der Waals surface area contributed by atoms with Crippen molar-refractivity contribution in [2.45, 2.75) is 44.6 Å². The van der Waals surface area contributed by atoms with E-state index in [9.17, 15) is 9.90 Å². The average molecular weight is 306 g/mol. The molecule has 1 fully saturated rings. The van der Waals surface area contributed by atoms with Crippen LogP contribution in [0.1, 0.15) is 37.7 Å². The molecular weight excluding hydrogens is 280 g/mol. The van der Waals surface area contributed by atoms with E-state index in [1.807, 2.05) is 24.3 Å². The number of aliphatic hydroxyl groups is 1. The number of aliphatic hydroxyl groups excluding tert-OH is 1. The summed E-state index contributed by atoms with van der Waals surface area (Å²) in [4.78, 5) is 12.2. The second-order valence-electron chi connectivity index (χ2n) is 6.03. The number of hydrogen-bond acceptors (Lipinski definition) is 4. The van der Waals surface area contributed by atoms with Crippen LogP contribution in [-0.4, -0.2) is 31.4 Å². The number of methoxy groups -OCH3 is 2. The van der Waals surface area contributed by atoms with Crippen LogP contribution >= 0.6 is 0 Å². The summed E-state index contributed by atoms with van der Waals surface area (Å²) < 4.78 is 10.3. The number of ether oxygens (including phenoxy) is 2. The molecule has 1 aromatic rings. The predicted octanol–water partition coefficient (Wildman–Crippen LogP) is 2.97. The molecule has 1 aromatic carbocycles. The monoisotopic (exact) mass is 306 g/mol. The quantitative estimate of drug-likeness (QED) is 0.821. The van der Waals surface area contributed by atoms with Crippen molar-refractivity contribution in [2.75, 3.05) is 14.2 Å². The number of rotatable bonds is 6. The van der Waals surface area contributed by atoms with E-state index in [4.69, 9.17) is 9.47 Å². The highest BCUT2D eigenvalue weighted by molar-refractivity contribution is 5.73. The minimum Gasteiger partial charge on any atom is -0.496 e. The standard InChI is InChI=1S/C18H26O4/c1-21-16-11-7-6-10-14(16)12-15(18(20)22-2)17(19)13-8-4-3-5-9-13/h6-7,10-11,13,15,17,19H,3-5,8-9,12H2,1-2H3. The van der Waals surface area contributed by atoms with E-state index in [0.29, 0.717) is 6.42 Å². The Bertz CT molecular complexity index is 480. The minimum atomic E-state index is -0.655. The Morgan fingerprint density at radius 3 is 2.55 bits per heavy atom. The number of carbonyl (C=O) groups is 1. The Balaban J connectivity index is 2.16. The largest absolute Gasteiger partial charge is 0.496 e. The molecule has 0 saturated heterocycles. The van der Waals surface area contributed by atoms with E-state index < -0.39 is 12.0 Å². The average Bonchev–Trinajstić information content (AvgIpc) is 2.59. The smallest absolute Gasteiger partial charge is 0.311 e. The number of benzene rings is 1. The van der Waals surface area contributed by atoms with Crippen molar-refractivity contribution in [3.8, 4) is 5.75 Å². The summed E-state index contributed by atoms with van der Waals surface area (Å²) in [5.41, 5.74) is 0.926. The Morgan fingerprint density at radius 2 is 1.91 bits per heavy atom. The van der Waals surface area contributed by atoms with Gasteiger partial charge >= 0.3 is 5.97 Å².